The fraction of sp³-hybridized carbons (Fsp3) is 0.364. The number of pyridine rings is 1. The second kappa shape index (κ2) is 5.12. The second-order valence-electron chi connectivity index (χ2n) is 3.59. The topological polar surface area (TPSA) is 83.0 Å². The smallest absolute Gasteiger partial charge is 0.267 e. The van der Waals surface area contributed by atoms with Crippen LogP contribution >= 0.6 is 0 Å². The van der Waals surface area contributed by atoms with Crippen LogP contribution in [0.3, 0.4) is 0 Å². The van der Waals surface area contributed by atoms with Gasteiger partial charge in [-0.1, -0.05) is 0 Å². The fourth-order valence-electron chi connectivity index (χ4n) is 1.30. The fourth-order valence-corrected chi connectivity index (χ4v) is 1.30. The van der Waals surface area contributed by atoms with Crippen LogP contribution in [0.25, 0.3) is 0 Å². The molecule has 5 heteroatoms. The summed E-state index contributed by atoms with van der Waals surface area (Å²) in [6.07, 6.45) is 1.95. The highest BCUT2D eigenvalue weighted by molar-refractivity contribution is 5.91. The Labute approximate surface area is 94.5 Å². The van der Waals surface area contributed by atoms with Crippen LogP contribution in [0.4, 0.5) is 5.69 Å². The van der Waals surface area contributed by atoms with Crippen LogP contribution in [0.15, 0.2) is 18.3 Å². The van der Waals surface area contributed by atoms with Crippen LogP contribution in [0.2, 0.25) is 0 Å². The quantitative estimate of drug-likeness (QED) is 0.814. The largest absolute Gasteiger partial charge is 0.371 e. The normalized spacial score (nSPS) is 11.6. The van der Waals surface area contributed by atoms with Crippen molar-refractivity contribution in [1.82, 2.24) is 4.98 Å². The molecular weight excluding hydrogens is 204 g/mol. The standard InChI is InChI=1S/C11H14N4O/c1-8(3-5-12)15(2)9-4-6-14-10(7-9)11(13)16/h4,6-8H,3H2,1-2H3,(H2,13,16). The van der Waals surface area contributed by atoms with Crippen molar-refractivity contribution in [3.8, 4) is 6.07 Å². The number of nitrogens with two attached hydrogens (primary N) is 1. The molecule has 1 rings (SSSR count). The number of amides is 1. The van der Waals surface area contributed by atoms with Gasteiger partial charge in [0.25, 0.3) is 5.91 Å². The molecule has 0 aromatic carbocycles. The molecule has 16 heavy (non-hydrogen) atoms. The Balaban J connectivity index is 2.92. The van der Waals surface area contributed by atoms with Crippen LogP contribution in [-0.2, 0) is 0 Å². The Morgan fingerprint density at radius 1 is 1.75 bits per heavy atom. The van der Waals surface area contributed by atoms with Gasteiger partial charge in [-0.2, -0.15) is 5.26 Å². The summed E-state index contributed by atoms with van der Waals surface area (Å²) in [7, 11) is 1.86. The van der Waals surface area contributed by atoms with Crippen LogP contribution in [0, 0.1) is 11.3 Å². The third-order valence-electron chi connectivity index (χ3n) is 2.45. The van der Waals surface area contributed by atoms with Crippen molar-refractivity contribution < 1.29 is 4.79 Å². The van der Waals surface area contributed by atoms with Gasteiger partial charge in [-0.15, -0.1) is 0 Å². The summed E-state index contributed by atoms with van der Waals surface area (Å²) in [5, 5.41) is 8.61. The molecule has 1 unspecified atom stereocenters. The monoisotopic (exact) mass is 218 g/mol. The van der Waals surface area contributed by atoms with Gasteiger partial charge in [0.05, 0.1) is 12.5 Å². The van der Waals surface area contributed by atoms with E-state index in [1.807, 2.05) is 18.9 Å². The number of primary amides is 1. The summed E-state index contributed by atoms with van der Waals surface area (Å²) in [5.74, 6) is -0.553. The zero-order chi connectivity index (χ0) is 12.1. The molecule has 1 aromatic rings. The van der Waals surface area contributed by atoms with Gasteiger partial charge in [-0.3, -0.25) is 9.78 Å². The number of carbonyl (C=O) groups is 1. The predicted molar refractivity (Wildman–Crippen MR) is 60.8 cm³/mol. The minimum atomic E-state index is -0.553. The number of rotatable bonds is 4. The molecule has 1 heterocycles. The number of anilines is 1. The molecule has 0 saturated carbocycles. The molecule has 0 fully saturated rings. The first kappa shape index (κ1) is 12.0. The summed E-state index contributed by atoms with van der Waals surface area (Å²) < 4.78 is 0. The highest BCUT2D eigenvalue weighted by Gasteiger charge is 2.11. The summed E-state index contributed by atoms with van der Waals surface area (Å²) >= 11 is 0. The number of hydrogen-bond acceptors (Lipinski definition) is 4. The number of nitrogens with zero attached hydrogens (tertiary/aromatic N) is 3. The van der Waals surface area contributed by atoms with Gasteiger partial charge in [0.2, 0.25) is 0 Å². The number of carbonyl (C=O) groups excluding carboxylic acids is 1. The van der Waals surface area contributed by atoms with Crippen molar-refractivity contribution in [3.05, 3.63) is 24.0 Å². The summed E-state index contributed by atoms with van der Waals surface area (Å²) in [6.45, 7) is 1.94. The molecule has 0 radical (unpaired) electrons. The average molecular weight is 218 g/mol. The van der Waals surface area contributed by atoms with E-state index < -0.39 is 5.91 Å². The van der Waals surface area contributed by atoms with Gasteiger partial charge in [0.1, 0.15) is 5.69 Å². The van der Waals surface area contributed by atoms with Gasteiger partial charge in [-0.05, 0) is 19.1 Å². The first-order valence-corrected chi connectivity index (χ1v) is 4.92. The van der Waals surface area contributed by atoms with E-state index in [-0.39, 0.29) is 11.7 Å². The summed E-state index contributed by atoms with van der Waals surface area (Å²) in [6, 6.07) is 5.58. The zero-order valence-corrected chi connectivity index (χ0v) is 9.34. The van der Waals surface area contributed by atoms with E-state index in [4.69, 9.17) is 11.0 Å². The third kappa shape index (κ3) is 2.70. The van der Waals surface area contributed by atoms with Gasteiger partial charge < -0.3 is 10.6 Å². The van der Waals surface area contributed by atoms with Crippen molar-refractivity contribution in [1.29, 1.82) is 5.26 Å². The lowest BCUT2D eigenvalue weighted by atomic mass is 10.2. The molecule has 0 aliphatic heterocycles. The zero-order valence-electron chi connectivity index (χ0n) is 9.34. The Kier molecular flexibility index (Phi) is 3.84. The van der Waals surface area contributed by atoms with Crippen molar-refractivity contribution in [3.63, 3.8) is 0 Å². The highest BCUT2D eigenvalue weighted by atomic mass is 16.1. The lowest BCUT2D eigenvalue weighted by Crippen LogP contribution is -2.28. The number of hydrogen-bond donors (Lipinski definition) is 1. The van der Waals surface area contributed by atoms with Crippen molar-refractivity contribution in [2.24, 2.45) is 5.73 Å². The van der Waals surface area contributed by atoms with Gasteiger partial charge >= 0.3 is 0 Å². The molecular formula is C11H14N4O. The van der Waals surface area contributed by atoms with E-state index in [2.05, 4.69) is 11.1 Å². The number of aromatic nitrogens is 1. The molecule has 1 atom stereocenters. The molecule has 0 aliphatic carbocycles. The first-order valence-electron chi connectivity index (χ1n) is 4.92. The van der Waals surface area contributed by atoms with Crippen molar-refractivity contribution in [2.75, 3.05) is 11.9 Å². The molecule has 0 aliphatic rings. The summed E-state index contributed by atoms with van der Waals surface area (Å²) in [5.41, 5.74) is 6.20. The number of nitriles is 1. The molecule has 84 valence electrons. The van der Waals surface area contributed by atoms with Crippen molar-refractivity contribution in [2.45, 2.75) is 19.4 Å². The van der Waals surface area contributed by atoms with E-state index >= 15 is 0 Å². The Bertz CT molecular complexity index is 424. The van der Waals surface area contributed by atoms with Crippen LogP contribution in [0.5, 0.6) is 0 Å². The first-order chi connectivity index (χ1) is 7.56. The van der Waals surface area contributed by atoms with E-state index in [0.29, 0.717) is 6.42 Å². The van der Waals surface area contributed by atoms with Crippen LogP contribution < -0.4 is 10.6 Å². The van der Waals surface area contributed by atoms with Crippen LogP contribution in [-0.4, -0.2) is 24.0 Å². The van der Waals surface area contributed by atoms with E-state index in [0.717, 1.165) is 5.69 Å². The minimum absolute atomic E-state index is 0.0770. The minimum Gasteiger partial charge on any atom is -0.371 e. The third-order valence-corrected chi connectivity index (χ3v) is 2.45. The molecule has 1 aromatic heterocycles. The van der Waals surface area contributed by atoms with Crippen LogP contribution in [0.1, 0.15) is 23.8 Å². The van der Waals surface area contributed by atoms with E-state index in [1.54, 1.807) is 12.1 Å². The van der Waals surface area contributed by atoms with Gasteiger partial charge in [-0.25, -0.2) is 0 Å². The molecule has 0 spiro atoms. The van der Waals surface area contributed by atoms with E-state index in [1.165, 1.54) is 6.20 Å². The lowest BCUT2D eigenvalue weighted by Gasteiger charge is -2.25. The maximum Gasteiger partial charge on any atom is 0.267 e. The molecule has 2 N–H and O–H groups in total. The Morgan fingerprint density at radius 2 is 2.44 bits per heavy atom. The van der Waals surface area contributed by atoms with Gasteiger partial charge in [0, 0.05) is 25.0 Å². The molecule has 0 bridgehead atoms. The molecule has 5 nitrogen and oxygen atoms in total. The van der Waals surface area contributed by atoms with Gasteiger partial charge in [0.15, 0.2) is 0 Å². The SMILES string of the molecule is CC(CC#N)N(C)c1ccnc(C(N)=O)c1. The Hall–Kier alpha value is -2.09. The maximum atomic E-state index is 11.0. The molecule has 0 saturated heterocycles. The highest BCUT2D eigenvalue weighted by Crippen LogP contribution is 2.16. The van der Waals surface area contributed by atoms with Crippen molar-refractivity contribution >= 4 is 11.6 Å². The average Bonchev–Trinajstić information content (AvgIpc) is 2.28. The summed E-state index contributed by atoms with van der Waals surface area (Å²) in [4.78, 5) is 16.7. The Morgan fingerprint density at radius 3 is 3.00 bits per heavy atom. The second-order valence-corrected chi connectivity index (χ2v) is 3.59. The maximum absolute atomic E-state index is 11.0. The lowest BCUT2D eigenvalue weighted by molar-refractivity contribution is 0.0995. The molecule has 1 amide bonds. The van der Waals surface area contributed by atoms with E-state index in [9.17, 15) is 4.79 Å². The predicted octanol–water partition coefficient (Wildman–Crippen LogP) is 0.919.